The molecule has 0 atom stereocenters. The highest BCUT2D eigenvalue weighted by Gasteiger charge is 2.19. The number of allylic oxidation sites excluding steroid dienone is 2. The largest absolute Gasteiger partial charge is 0.375 e. The summed E-state index contributed by atoms with van der Waals surface area (Å²) in [6.45, 7) is 2.33. The topological polar surface area (TPSA) is 20.3 Å². The molecule has 2 rings (SSSR count). The van der Waals surface area contributed by atoms with Gasteiger partial charge in [0.1, 0.15) is 0 Å². The second-order valence-electron chi connectivity index (χ2n) is 3.30. The Balaban J connectivity index is 2.04. The second-order valence-corrected chi connectivity index (χ2v) is 3.30. The molecule has 0 radical (unpaired) electrons. The van der Waals surface area contributed by atoms with Crippen molar-refractivity contribution in [1.29, 1.82) is 0 Å². The van der Waals surface area contributed by atoms with Gasteiger partial charge in [-0.05, 0) is 19.3 Å². The van der Waals surface area contributed by atoms with Crippen LogP contribution in [0, 0.1) is 0 Å². The molecule has 60 valence electrons. The lowest BCUT2D eigenvalue weighted by Gasteiger charge is -2.17. The summed E-state index contributed by atoms with van der Waals surface area (Å²) in [5.74, 6) is 0.312. The van der Waals surface area contributed by atoms with E-state index in [1.807, 2.05) is 6.08 Å². The van der Waals surface area contributed by atoms with E-state index in [1.54, 1.807) is 0 Å². The van der Waals surface area contributed by atoms with Crippen molar-refractivity contribution in [3.05, 3.63) is 11.8 Å². The predicted molar refractivity (Wildman–Crippen MR) is 43.1 cm³/mol. The summed E-state index contributed by atoms with van der Waals surface area (Å²) in [6, 6.07) is 0. The third kappa shape index (κ3) is 1.30. The summed E-state index contributed by atoms with van der Waals surface area (Å²) in [5.41, 5.74) is 1.28. The van der Waals surface area contributed by atoms with Crippen molar-refractivity contribution in [2.24, 2.45) is 0 Å². The van der Waals surface area contributed by atoms with Gasteiger partial charge < -0.3 is 4.90 Å². The quantitative estimate of drug-likeness (QED) is 0.563. The molecule has 11 heavy (non-hydrogen) atoms. The lowest BCUT2D eigenvalue weighted by atomic mass is 10.3. The zero-order valence-corrected chi connectivity index (χ0v) is 6.68. The predicted octanol–water partition coefficient (Wildman–Crippen LogP) is 1.33. The highest BCUT2D eigenvalue weighted by Crippen LogP contribution is 2.22. The molecule has 1 saturated heterocycles. The maximum atomic E-state index is 10.9. The number of nitrogens with zero attached hydrogens (tertiary/aromatic N) is 1. The van der Waals surface area contributed by atoms with E-state index in [1.165, 1.54) is 31.6 Å². The molecule has 1 aliphatic heterocycles. The van der Waals surface area contributed by atoms with Crippen molar-refractivity contribution < 1.29 is 4.79 Å². The number of likely N-dealkylation sites (tertiary alicyclic amines) is 1. The van der Waals surface area contributed by atoms with Gasteiger partial charge in [0, 0.05) is 31.3 Å². The molecule has 0 aromatic heterocycles. The molecular formula is C9H13NO. The molecule has 0 spiro atoms. The number of carbonyl (C=O) groups is 1. The minimum absolute atomic E-state index is 0.312. The first-order chi connectivity index (χ1) is 5.36. The summed E-state index contributed by atoms with van der Waals surface area (Å²) in [6.07, 6.45) is 6.15. The van der Waals surface area contributed by atoms with Crippen LogP contribution in [0.2, 0.25) is 0 Å². The molecule has 1 aliphatic carbocycles. The summed E-state index contributed by atoms with van der Waals surface area (Å²) in [5, 5.41) is 0. The van der Waals surface area contributed by atoms with Gasteiger partial charge in [-0.1, -0.05) is 0 Å². The van der Waals surface area contributed by atoms with E-state index in [-0.39, 0.29) is 0 Å². The monoisotopic (exact) mass is 151 g/mol. The summed E-state index contributed by atoms with van der Waals surface area (Å²) < 4.78 is 0. The molecule has 0 amide bonds. The fraction of sp³-hybridized carbons (Fsp3) is 0.667. The fourth-order valence-corrected chi connectivity index (χ4v) is 1.84. The van der Waals surface area contributed by atoms with Gasteiger partial charge in [0.25, 0.3) is 0 Å². The molecule has 0 aromatic rings. The zero-order valence-electron chi connectivity index (χ0n) is 6.68. The van der Waals surface area contributed by atoms with Crippen LogP contribution < -0.4 is 0 Å². The minimum atomic E-state index is 0.312. The Hall–Kier alpha value is -0.790. The first-order valence-corrected chi connectivity index (χ1v) is 4.34. The molecule has 0 N–H and O–H groups in total. The van der Waals surface area contributed by atoms with Crippen molar-refractivity contribution >= 4 is 5.78 Å². The van der Waals surface area contributed by atoms with Gasteiger partial charge in [-0.3, -0.25) is 4.79 Å². The lowest BCUT2D eigenvalue weighted by Crippen LogP contribution is -2.16. The standard InChI is InChI=1S/C9H13NO/c11-9-4-3-8(7-9)10-5-1-2-6-10/h7H,1-6H2. The van der Waals surface area contributed by atoms with E-state index in [0.29, 0.717) is 5.78 Å². The van der Waals surface area contributed by atoms with Crippen LogP contribution in [-0.2, 0) is 4.79 Å². The Morgan fingerprint density at radius 1 is 1.18 bits per heavy atom. The van der Waals surface area contributed by atoms with Crippen molar-refractivity contribution in [1.82, 2.24) is 4.90 Å². The van der Waals surface area contributed by atoms with Crippen molar-refractivity contribution in [2.45, 2.75) is 25.7 Å². The fourth-order valence-electron chi connectivity index (χ4n) is 1.84. The first-order valence-electron chi connectivity index (χ1n) is 4.34. The van der Waals surface area contributed by atoms with Crippen LogP contribution in [0.5, 0.6) is 0 Å². The molecule has 2 aliphatic rings. The van der Waals surface area contributed by atoms with Gasteiger partial charge in [-0.2, -0.15) is 0 Å². The Kier molecular flexibility index (Phi) is 1.68. The smallest absolute Gasteiger partial charge is 0.157 e. The van der Waals surface area contributed by atoms with Gasteiger partial charge in [-0.15, -0.1) is 0 Å². The van der Waals surface area contributed by atoms with Gasteiger partial charge >= 0.3 is 0 Å². The van der Waals surface area contributed by atoms with Crippen LogP contribution in [0.3, 0.4) is 0 Å². The van der Waals surface area contributed by atoms with Crippen LogP contribution in [0.15, 0.2) is 11.8 Å². The van der Waals surface area contributed by atoms with E-state index >= 15 is 0 Å². The number of carbonyl (C=O) groups excluding carboxylic acids is 1. The highest BCUT2D eigenvalue weighted by atomic mass is 16.1. The normalized spacial score (nSPS) is 24.5. The molecule has 0 bridgehead atoms. The maximum absolute atomic E-state index is 10.9. The Labute approximate surface area is 66.9 Å². The van der Waals surface area contributed by atoms with Crippen LogP contribution >= 0.6 is 0 Å². The Bertz CT molecular complexity index is 202. The summed E-state index contributed by atoms with van der Waals surface area (Å²) >= 11 is 0. The number of rotatable bonds is 1. The number of hydrogen-bond donors (Lipinski definition) is 0. The number of hydrogen-bond acceptors (Lipinski definition) is 2. The third-order valence-electron chi connectivity index (χ3n) is 2.47. The van der Waals surface area contributed by atoms with E-state index in [0.717, 1.165) is 12.8 Å². The molecule has 1 fully saturated rings. The maximum Gasteiger partial charge on any atom is 0.157 e. The number of ketones is 1. The molecule has 2 nitrogen and oxygen atoms in total. The average molecular weight is 151 g/mol. The summed E-state index contributed by atoms with van der Waals surface area (Å²) in [7, 11) is 0. The molecule has 2 heteroatoms. The van der Waals surface area contributed by atoms with E-state index in [9.17, 15) is 4.79 Å². The van der Waals surface area contributed by atoms with Gasteiger partial charge in [0.2, 0.25) is 0 Å². The average Bonchev–Trinajstić information content (AvgIpc) is 2.55. The van der Waals surface area contributed by atoms with Crippen molar-refractivity contribution in [2.75, 3.05) is 13.1 Å². The molecule has 0 aromatic carbocycles. The summed E-state index contributed by atoms with van der Waals surface area (Å²) in [4.78, 5) is 13.3. The van der Waals surface area contributed by atoms with E-state index in [4.69, 9.17) is 0 Å². The van der Waals surface area contributed by atoms with Crippen molar-refractivity contribution in [3.63, 3.8) is 0 Å². The van der Waals surface area contributed by atoms with Crippen molar-refractivity contribution in [3.8, 4) is 0 Å². The third-order valence-corrected chi connectivity index (χ3v) is 2.47. The second kappa shape index (κ2) is 2.68. The van der Waals surface area contributed by atoms with Crippen LogP contribution in [0.4, 0.5) is 0 Å². The van der Waals surface area contributed by atoms with Gasteiger partial charge in [-0.25, -0.2) is 0 Å². The van der Waals surface area contributed by atoms with Gasteiger partial charge in [0.15, 0.2) is 5.78 Å². The van der Waals surface area contributed by atoms with Gasteiger partial charge in [0.05, 0.1) is 0 Å². The van der Waals surface area contributed by atoms with E-state index < -0.39 is 0 Å². The lowest BCUT2D eigenvalue weighted by molar-refractivity contribution is -0.114. The molecule has 0 unspecified atom stereocenters. The Morgan fingerprint density at radius 3 is 2.45 bits per heavy atom. The first kappa shape index (κ1) is 6.89. The zero-order chi connectivity index (χ0) is 7.68. The van der Waals surface area contributed by atoms with Crippen LogP contribution in [0.25, 0.3) is 0 Å². The molecule has 0 saturated carbocycles. The molecular weight excluding hydrogens is 138 g/mol. The van der Waals surface area contributed by atoms with E-state index in [2.05, 4.69) is 4.90 Å². The highest BCUT2D eigenvalue weighted by molar-refractivity contribution is 5.92. The Morgan fingerprint density at radius 2 is 1.91 bits per heavy atom. The molecule has 1 heterocycles. The van der Waals surface area contributed by atoms with Crippen LogP contribution in [0.1, 0.15) is 25.7 Å². The minimum Gasteiger partial charge on any atom is -0.375 e. The van der Waals surface area contributed by atoms with Crippen LogP contribution in [-0.4, -0.2) is 23.8 Å². The SMILES string of the molecule is O=C1C=C(N2CCCC2)CC1.